The largest absolute Gasteiger partial charge is 0.389 e. The lowest BCUT2D eigenvalue weighted by atomic mass is 9.98. The maximum Gasteiger partial charge on any atom is 0.109 e. The highest BCUT2D eigenvalue weighted by Crippen LogP contribution is 2.36. The van der Waals surface area contributed by atoms with Crippen LogP contribution in [-0.2, 0) is 0 Å². The molecule has 3 N–H and O–H groups in total. The fourth-order valence-corrected chi connectivity index (χ4v) is 2.75. The normalized spacial score (nSPS) is 14.2. The number of rotatable bonds is 4. The number of aliphatic hydroxyl groups excluding tert-OH is 2. The molecule has 2 unspecified atom stereocenters. The number of fused-ring (bicyclic) bond motifs is 1. The average molecular weight is 302 g/mol. The van der Waals surface area contributed by atoms with E-state index in [1.165, 1.54) is 0 Å². The highest BCUT2D eigenvalue weighted by Gasteiger charge is 2.25. The summed E-state index contributed by atoms with van der Waals surface area (Å²) < 4.78 is 0. The molecule has 2 atom stereocenters. The summed E-state index contributed by atoms with van der Waals surface area (Å²) in [6.07, 6.45) is -2.04. The van der Waals surface area contributed by atoms with Crippen LogP contribution in [0.4, 0.5) is 0 Å². The standard InChI is InChI=1S/C17H16ClNO2/c18-10-14(20)17(21)15-12-8-4-5-9-13(12)19-16(15)11-6-2-1-3-7-11/h1-9,14,17,19-21H,10H2. The molecule has 3 aromatic rings. The van der Waals surface area contributed by atoms with E-state index in [0.29, 0.717) is 5.56 Å². The summed E-state index contributed by atoms with van der Waals surface area (Å²) in [5, 5.41) is 21.3. The topological polar surface area (TPSA) is 56.2 Å². The second-order valence-electron chi connectivity index (χ2n) is 4.99. The fraction of sp³-hybridized carbons (Fsp3) is 0.176. The predicted octanol–water partition coefficient (Wildman–Crippen LogP) is 3.47. The molecule has 0 spiro atoms. The number of aromatic nitrogens is 1. The first-order chi connectivity index (χ1) is 10.2. The van der Waals surface area contributed by atoms with Gasteiger partial charge in [-0.1, -0.05) is 48.5 Å². The zero-order chi connectivity index (χ0) is 14.8. The monoisotopic (exact) mass is 301 g/mol. The van der Waals surface area contributed by atoms with Gasteiger partial charge in [0.15, 0.2) is 0 Å². The Labute approximate surface area is 127 Å². The number of hydrogen-bond donors (Lipinski definition) is 3. The molecular formula is C17H16ClNO2. The van der Waals surface area contributed by atoms with Gasteiger partial charge in [0.1, 0.15) is 6.10 Å². The van der Waals surface area contributed by atoms with Gasteiger partial charge in [0.05, 0.1) is 17.7 Å². The van der Waals surface area contributed by atoms with Gasteiger partial charge in [0, 0.05) is 16.5 Å². The number of hydrogen-bond acceptors (Lipinski definition) is 2. The molecule has 0 saturated heterocycles. The summed E-state index contributed by atoms with van der Waals surface area (Å²) in [6.45, 7) is 0. The first-order valence-electron chi connectivity index (χ1n) is 6.80. The van der Waals surface area contributed by atoms with E-state index in [-0.39, 0.29) is 5.88 Å². The summed E-state index contributed by atoms with van der Waals surface area (Å²) in [5.41, 5.74) is 3.38. The maximum atomic E-state index is 10.5. The number of para-hydroxylation sites is 1. The van der Waals surface area contributed by atoms with Crippen molar-refractivity contribution < 1.29 is 10.2 Å². The zero-order valence-electron chi connectivity index (χ0n) is 11.3. The van der Waals surface area contributed by atoms with Gasteiger partial charge in [-0.15, -0.1) is 11.6 Å². The van der Waals surface area contributed by atoms with Gasteiger partial charge in [-0.2, -0.15) is 0 Å². The fourth-order valence-electron chi connectivity index (χ4n) is 2.58. The van der Waals surface area contributed by atoms with Crippen LogP contribution >= 0.6 is 11.6 Å². The molecule has 4 heteroatoms. The first kappa shape index (κ1) is 14.1. The van der Waals surface area contributed by atoms with Crippen molar-refractivity contribution in [3.05, 3.63) is 60.2 Å². The number of H-pyrrole nitrogens is 1. The first-order valence-corrected chi connectivity index (χ1v) is 7.34. The van der Waals surface area contributed by atoms with Gasteiger partial charge in [-0.3, -0.25) is 0 Å². The molecule has 0 radical (unpaired) electrons. The lowest BCUT2D eigenvalue weighted by molar-refractivity contribution is 0.0340. The Kier molecular flexibility index (Phi) is 3.97. The summed E-state index contributed by atoms with van der Waals surface area (Å²) in [4.78, 5) is 3.33. The van der Waals surface area contributed by atoms with Crippen molar-refractivity contribution in [3.63, 3.8) is 0 Å². The quantitative estimate of drug-likeness (QED) is 0.646. The summed E-state index contributed by atoms with van der Waals surface area (Å²) in [7, 11) is 0. The van der Waals surface area contributed by atoms with E-state index in [0.717, 1.165) is 22.2 Å². The Balaban J connectivity index is 2.24. The van der Waals surface area contributed by atoms with Gasteiger partial charge in [-0.25, -0.2) is 0 Å². The predicted molar refractivity (Wildman–Crippen MR) is 85.4 cm³/mol. The molecule has 108 valence electrons. The van der Waals surface area contributed by atoms with Crippen LogP contribution < -0.4 is 0 Å². The van der Waals surface area contributed by atoms with Crippen LogP contribution in [0.25, 0.3) is 22.2 Å². The summed E-state index contributed by atoms with van der Waals surface area (Å²) in [5.74, 6) is -0.0189. The highest BCUT2D eigenvalue weighted by atomic mass is 35.5. The lowest BCUT2D eigenvalue weighted by Gasteiger charge is -2.17. The number of aliphatic hydroxyl groups is 2. The summed E-state index contributed by atoms with van der Waals surface area (Å²) in [6, 6.07) is 17.5. The number of alkyl halides is 1. The second kappa shape index (κ2) is 5.90. The number of benzene rings is 2. The van der Waals surface area contributed by atoms with Crippen molar-refractivity contribution in [2.75, 3.05) is 5.88 Å². The number of nitrogens with one attached hydrogen (secondary N) is 1. The summed E-state index contributed by atoms with van der Waals surface area (Å²) >= 11 is 5.69. The van der Waals surface area contributed by atoms with E-state index in [9.17, 15) is 10.2 Å². The molecule has 21 heavy (non-hydrogen) atoms. The average Bonchev–Trinajstić information content (AvgIpc) is 2.93. The van der Waals surface area contributed by atoms with Crippen LogP contribution in [0.15, 0.2) is 54.6 Å². The SMILES string of the molecule is OC(CCl)C(O)c1c(-c2ccccc2)[nH]c2ccccc12. The molecular weight excluding hydrogens is 286 g/mol. The Hall–Kier alpha value is -1.81. The van der Waals surface area contributed by atoms with Crippen LogP contribution in [0.5, 0.6) is 0 Å². The van der Waals surface area contributed by atoms with E-state index < -0.39 is 12.2 Å². The van der Waals surface area contributed by atoms with E-state index in [4.69, 9.17) is 11.6 Å². The molecule has 0 fully saturated rings. The van der Waals surface area contributed by atoms with Crippen LogP contribution in [0, 0.1) is 0 Å². The van der Waals surface area contributed by atoms with Crippen molar-refractivity contribution in [3.8, 4) is 11.3 Å². The van der Waals surface area contributed by atoms with Crippen molar-refractivity contribution in [1.82, 2.24) is 4.98 Å². The minimum absolute atomic E-state index is 0.0189. The van der Waals surface area contributed by atoms with Crippen molar-refractivity contribution in [2.45, 2.75) is 12.2 Å². The van der Waals surface area contributed by atoms with Gasteiger partial charge in [0.25, 0.3) is 0 Å². The molecule has 0 amide bonds. The van der Waals surface area contributed by atoms with E-state index >= 15 is 0 Å². The number of aromatic amines is 1. The van der Waals surface area contributed by atoms with E-state index in [2.05, 4.69) is 4.98 Å². The molecule has 2 aromatic carbocycles. The van der Waals surface area contributed by atoms with Crippen LogP contribution in [0.1, 0.15) is 11.7 Å². The van der Waals surface area contributed by atoms with Crippen molar-refractivity contribution in [1.29, 1.82) is 0 Å². The van der Waals surface area contributed by atoms with Gasteiger partial charge >= 0.3 is 0 Å². The zero-order valence-corrected chi connectivity index (χ0v) is 12.1. The van der Waals surface area contributed by atoms with Crippen LogP contribution in [-0.4, -0.2) is 27.2 Å². The molecule has 1 aromatic heterocycles. The van der Waals surface area contributed by atoms with Crippen LogP contribution in [0.3, 0.4) is 0 Å². The Morgan fingerprint density at radius 3 is 2.33 bits per heavy atom. The smallest absolute Gasteiger partial charge is 0.109 e. The van der Waals surface area contributed by atoms with Crippen molar-refractivity contribution in [2.24, 2.45) is 0 Å². The molecule has 0 bridgehead atoms. The second-order valence-corrected chi connectivity index (χ2v) is 5.30. The highest BCUT2D eigenvalue weighted by molar-refractivity contribution is 6.18. The third kappa shape index (κ3) is 2.56. The van der Waals surface area contributed by atoms with Crippen LogP contribution in [0.2, 0.25) is 0 Å². The number of halogens is 1. The Bertz CT molecular complexity index is 739. The molecule has 0 aliphatic carbocycles. The van der Waals surface area contributed by atoms with E-state index in [1.54, 1.807) is 0 Å². The van der Waals surface area contributed by atoms with Gasteiger partial charge < -0.3 is 15.2 Å². The molecule has 0 aliphatic heterocycles. The molecule has 3 rings (SSSR count). The molecule has 3 nitrogen and oxygen atoms in total. The minimum atomic E-state index is -1.03. The molecule has 1 heterocycles. The van der Waals surface area contributed by atoms with Gasteiger partial charge in [0.2, 0.25) is 0 Å². The maximum absolute atomic E-state index is 10.5. The molecule has 0 saturated carbocycles. The third-order valence-electron chi connectivity index (χ3n) is 3.63. The Morgan fingerprint density at radius 1 is 0.952 bits per heavy atom. The van der Waals surface area contributed by atoms with Crippen molar-refractivity contribution >= 4 is 22.5 Å². The van der Waals surface area contributed by atoms with E-state index in [1.807, 2.05) is 54.6 Å². The van der Waals surface area contributed by atoms with Gasteiger partial charge in [-0.05, 0) is 11.6 Å². The third-order valence-corrected chi connectivity index (χ3v) is 3.94. The molecule has 0 aliphatic rings. The Morgan fingerprint density at radius 2 is 1.62 bits per heavy atom. The minimum Gasteiger partial charge on any atom is -0.389 e. The lowest BCUT2D eigenvalue weighted by Crippen LogP contribution is -2.20.